The van der Waals surface area contributed by atoms with Crippen LogP contribution in [0.2, 0.25) is 0 Å². The van der Waals surface area contributed by atoms with Crippen LogP contribution >= 0.6 is 0 Å². The number of nitrogen functional groups attached to an aromatic ring is 1. The SMILES string of the molecule is Nc1ccccc1N[C@H]1CCCOC1. The minimum Gasteiger partial charge on any atom is -0.397 e. The standard InChI is InChI=1S/C11H16N2O/c12-10-5-1-2-6-11(10)13-9-4-3-7-14-8-9/h1-2,5-6,9,13H,3-4,7-8,12H2/t9-/m0/s1. The van der Waals surface area contributed by atoms with Crippen molar-refractivity contribution in [2.24, 2.45) is 0 Å². The van der Waals surface area contributed by atoms with Crippen molar-refractivity contribution in [3.8, 4) is 0 Å². The fourth-order valence-corrected chi connectivity index (χ4v) is 1.70. The quantitative estimate of drug-likeness (QED) is 0.703. The topological polar surface area (TPSA) is 47.3 Å². The van der Waals surface area contributed by atoms with Crippen molar-refractivity contribution >= 4 is 11.4 Å². The van der Waals surface area contributed by atoms with Gasteiger partial charge in [0.1, 0.15) is 0 Å². The van der Waals surface area contributed by atoms with Crippen LogP contribution in [0, 0.1) is 0 Å². The molecule has 76 valence electrons. The second-order valence-electron chi connectivity index (χ2n) is 3.65. The fourth-order valence-electron chi connectivity index (χ4n) is 1.70. The Bertz CT molecular complexity index is 295. The summed E-state index contributed by atoms with van der Waals surface area (Å²) in [7, 11) is 0. The van der Waals surface area contributed by atoms with Gasteiger partial charge in [0, 0.05) is 12.6 Å². The Morgan fingerprint density at radius 3 is 2.93 bits per heavy atom. The first kappa shape index (κ1) is 9.34. The average Bonchev–Trinajstić information content (AvgIpc) is 2.23. The highest BCUT2D eigenvalue weighted by Crippen LogP contribution is 2.20. The van der Waals surface area contributed by atoms with Gasteiger partial charge in [-0.25, -0.2) is 0 Å². The predicted octanol–water partition coefficient (Wildman–Crippen LogP) is 1.86. The van der Waals surface area contributed by atoms with Crippen LogP contribution in [0.1, 0.15) is 12.8 Å². The van der Waals surface area contributed by atoms with E-state index in [1.165, 1.54) is 0 Å². The lowest BCUT2D eigenvalue weighted by Gasteiger charge is -2.24. The molecule has 3 heteroatoms. The van der Waals surface area contributed by atoms with E-state index in [2.05, 4.69) is 5.32 Å². The lowest BCUT2D eigenvalue weighted by atomic mass is 10.1. The zero-order valence-corrected chi connectivity index (χ0v) is 8.20. The summed E-state index contributed by atoms with van der Waals surface area (Å²) in [6.07, 6.45) is 2.29. The molecular formula is C11H16N2O. The van der Waals surface area contributed by atoms with Gasteiger partial charge in [0.25, 0.3) is 0 Å². The number of nitrogens with two attached hydrogens (primary N) is 1. The highest BCUT2D eigenvalue weighted by atomic mass is 16.5. The third kappa shape index (κ3) is 2.17. The van der Waals surface area contributed by atoms with Gasteiger partial charge in [0.2, 0.25) is 0 Å². The summed E-state index contributed by atoms with van der Waals surface area (Å²) in [4.78, 5) is 0. The molecule has 0 aromatic heterocycles. The van der Waals surface area contributed by atoms with E-state index in [9.17, 15) is 0 Å². The van der Waals surface area contributed by atoms with E-state index in [1.807, 2.05) is 24.3 Å². The summed E-state index contributed by atoms with van der Waals surface area (Å²) in [6, 6.07) is 8.25. The summed E-state index contributed by atoms with van der Waals surface area (Å²) < 4.78 is 5.39. The van der Waals surface area contributed by atoms with Gasteiger partial charge in [-0.1, -0.05) is 12.1 Å². The number of ether oxygens (including phenoxy) is 1. The number of rotatable bonds is 2. The minimum atomic E-state index is 0.411. The highest BCUT2D eigenvalue weighted by molar-refractivity contribution is 5.65. The molecule has 0 saturated carbocycles. The molecule has 1 heterocycles. The number of para-hydroxylation sites is 2. The third-order valence-electron chi connectivity index (χ3n) is 2.48. The van der Waals surface area contributed by atoms with Gasteiger partial charge in [-0.2, -0.15) is 0 Å². The van der Waals surface area contributed by atoms with E-state index in [4.69, 9.17) is 10.5 Å². The summed E-state index contributed by atoms with van der Waals surface area (Å²) in [5, 5.41) is 3.40. The van der Waals surface area contributed by atoms with E-state index in [0.29, 0.717) is 6.04 Å². The summed E-state index contributed by atoms with van der Waals surface area (Å²) in [5.74, 6) is 0. The molecule has 3 nitrogen and oxygen atoms in total. The average molecular weight is 192 g/mol. The van der Waals surface area contributed by atoms with Gasteiger partial charge in [-0.15, -0.1) is 0 Å². The number of anilines is 2. The van der Waals surface area contributed by atoms with E-state index >= 15 is 0 Å². The van der Waals surface area contributed by atoms with Crippen molar-refractivity contribution in [3.05, 3.63) is 24.3 Å². The fraction of sp³-hybridized carbons (Fsp3) is 0.455. The van der Waals surface area contributed by atoms with Gasteiger partial charge in [-0.3, -0.25) is 0 Å². The van der Waals surface area contributed by atoms with E-state index in [0.717, 1.165) is 37.4 Å². The van der Waals surface area contributed by atoms with Gasteiger partial charge < -0.3 is 15.8 Å². The maximum atomic E-state index is 5.83. The molecule has 1 aliphatic heterocycles. The van der Waals surface area contributed by atoms with Crippen LogP contribution in [0.3, 0.4) is 0 Å². The molecule has 0 unspecified atom stereocenters. The molecule has 1 fully saturated rings. The molecule has 2 rings (SSSR count). The maximum absolute atomic E-state index is 5.83. The molecular weight excluding hydrogens is 176 g/mol. The molecule has 1 aromatic carbocycles. The Hall–Kier alpha value is -1.22. The largest absolute Gasteiger partial charge is 0.397 e. The Balaban J connectivity index is 1.99. The molecule has 0 aliphatic carbocycles. The molecule has 14 heavy (non-hydrogen) atoms. The number of hydrogen-bond donors (Lipinski definition) is 2. The smallest absolute Gasteiger partial charge is 0.0667 e. The van der Waals surface area contributed by atoms with E-state index in [-0.39, 0.29) is 0 Å². The van der Waals surface area contributed by atoms with Crippen molar-refractivity contribution in [2.75, 3.05) is 24.3 Å². The monoisotopic (exact) mass is 192 g/mol. The molecule has 3 N–H and O–H groups in total. The molecule has 0 radical (unpaired) electrons. The molecule has 1 atom stereocenters. The van der Waals surface area contributed by atoms with Gasteiger partial charge in [0.15, 0.2) is 0 Å². The third-order valence-corrected chi connectivity index (χ3v) is 2.48. The zero-order valence-electron chi connectivity index (χ0n) is 8.20. The van der Waals surface area contributed by atoms with Crippen LogP contribution in [-0.2, 0) is 4.74 Å². The highest BCUT2D eigenvalue weighted by Gasteiger charge is 2.13. The van der Waals surface area contributed by atoms with Crippen LogP contribution in [0.5, 0.6) is 0 Å². The number of benzene rings is 1. The second-order valence-corrected chi connectivity index (χ2v) is 3.65. The minimum absolute atomic E-state index is 0.411. The molecule has 0 spiro atoms. The van der Waals surface area contributed by atoms with Gasteiger partial charge in [0.05, 0.1) is 18.0 Å². The van der Waals surface area contributed by atoms with Crippen molar-refractivity contribution in [2.45, 2.75) is 18.9 Å². The summed E-state index contributed by atoms with van der Waals surface area (Å²) in [5.41, 5.74) is 7.65. The molecule has 0 amide bonds. The Morgan fingerprint density at radius 1 is 1.36 bits per heavy atom. The van der Waals surface area contributed by atoms with Crippen molar-refractivity contribution in [1.29, 1.82) is 0 Å². The first-order valence-corrected chi connectivity index (χ1v) is 5.05. The Morgan fingerprint density at radius 2 is 2.21 bits per heavy atom. The molecule has 1 aliphatic rings. The molecule has 1 saturated heterocycles. The maximum Gasteiger partial charge on any atom is 0.0667 e. The second kappa shape index (κ2) is 4.33. The van der Waals surface area contributed by atoms with Gasteiger partial charge >= 0.3 is 0 Å². The normalized spacial score (nSPS) is 21.9. The zero-order chi connectivity index (χ0) is 9.80. The summed E-state index contributed by atoms with van der Waals surface area (Å²) >= 11 is 0. The summed E-state index contributed by atoms with van der Waals surface area (Å²) in [6.45, 7) is 1.68. The van der Waals surface area contributed by atoms with E-state index < -0.39 is 0 Å². The predicted molar refractivity (Wildman–Crippen MR) is 58.3 cm³/mol. The molecule has 0 bridgehead atoms. The van der Waals surface area contributed by atoms with Gasteiger partial charge in [-0.05, 0) is 25.0 Å². The van der Waals surface area contributed by atoms with E-state index in [1.54, 1.807) is 0 Å². The van der Waals surface area contributed by atoms with Crippen molar-refractivity contribution in [3.63, 3.8) is 0 Å². The number of hydrogen-bond acceptors (Lipinski definition) is 3. The Labute approximate surface area is 84.3 Å². The Kier molecular flexibility index (Phi) is 2.89. The van der Waals surface area contributed by atoms with Crippen molar-refractivity contribution in [1.82, 2.24) is 0 Å². The lowest BCUT2D eigenvalue weighted by molar-refractivity contribution is 0.0876. The van der Waals surface area contributed by atoms with Crippen LogP contribution < -0.4 is 11.1 Å². The first-order chi connectivity index (χ1) is 6.86. The van der Waals surface area contributed by atoms with Crippen LogP contribution in [-0.4, -0.2) is 19.3 Å². The van der Waals surface area contributed by atoms with Crippen molar-refractivity contribution < 1.29 is 4.74 Å². The number of nitrogens with one attached hydrogen (secondary N) is 1. The first-order valence-electron chi connectivity index (χ1n) is 5.05. The molecule has 1 aromatic rings. The lowest BCUT2D eigenvalue weighted by Crippen LogP contribution is -2.30. The van der Waals surface area contributed by atoms with Crippen LogP contribution in [0.4, 0.5) is 11.4 Å². The van der Waals surface area contributed by atoms with Crippen LogP contribution in [0.15, 0.2) is 24.3 Å². The van der Waals surface area contributed by atoms with Crippen LogP contribution in [0.25, 0.3) is 0 Å².